The summed E-state index contributed by atoms with van der Waals surface area (Å²) in [6.07, 6.45) is 2.18. The first-order valence-electron chi connectivity index (χ1n) is 6.49. The van der Waals surface area contributed by atoms with Crippen molar-refractivity contribution >= 4 is 11.8 Å². The molecule has 0 spiro atoms. The molecule has 5 heteroatoms. The molecule has 19 heavy (non-hydrogen) atoms. The number of hydrogen-bond donors (Lipinski definition) is 3. The smallest absolute Gasteiger partial charge is 0.248 e. The second-order valence-electron chi connectivity index (χ2n) is 4.95. The number of nitrogens with one attached hydrogen (secondary N) is 2. The van der Waals surface area contributed by atoms with E-state index < -0.39 is 5.91 Å². The van der Waals surface area contributed by atoms with Gasteiger partial charge in [-0.1, -0.05) is 12.1 Å². The van der Waals surface area contributed by atoms with Crippen molar-refractivity contribution in [1.82, 2.24) is 10.6 Å². The van der Waals surface area contributed by atoms with E-state index in [2.05, 4.69) is 10.6 Å². The number of hydrogen-bond acceptors (Lipinski definition) is 3. The van der Waals surface area contributed by atoms with Crippen LogP contribution in [-0.4, -0.2) is 23.9 Å². The Hall–Kier alpha value is -1.88. The van der Waals surface area contributed by atoms with E-state index in [1.807, 2.05) is 19.1 Å². The summed E-state index contributed by atoms with van der Waals surface area (Å²) in [5, 5.41) is 6.10. The van der Waals surface area contributed by atoms with Gasteiger partial charge in [0.05, 0.1) is 6.04 Å². The van der Waals surface area contributed by atoms with Gasteiger partial charge in [0.15, 0.2) is 0 Å². The van der Waals surface area contributed by atoms with Crippen molar-refractivity contribution in [3.05, 3.63) is 35.4 Å². The van der Waals surface area contributed by atoms with Crippen molar-refractivity contribution < 1.29 is 9.59 Å². The molecule has 2 amide bonds. The van der Waals surface area contributed by atoms with Crippen LogP contribution in [0.5, 0.6) is 0 Å². The summed E-state index contributed by atoms with van der Waals surface area (Å²) in [7, 11) is 0. The molecule has 0 aromatic heterocycles. The lowest BCUT2D eigenvalue weighted by Gasteiger charge is -2.13. The third kappa shape index (κ3) is 4.06. The number of rotatable bonds is 6. The van der Waals surface area contributed by atoms with Crippen LogP contribution >= 0.6 is 0 Å². The first kappa shape index (κ1) is 13.5. The highest BCUT2D eigenvalue weighted by molar-refractivity contribution is 5.92. The van der Waals surface area contributed by atoms with Crippen molar-refractivity contribution in [3.63, 3.8) is 0 Å². The van der Waals surface area contributed by atoms with Crippen LogP contribution in [0.25, 0.3) is 0 Å². The topological polar surface area (TPSA) is 84.2 Å². The molecule has 4 N–H and O–H groups in total. The van der Waals surface area contributed by atoms with Gasteiger partial charge >= 0.3 is 0 Å². The zero-order valence-corrected chi connectivity index (χ0v) is 11.0. The van der Waals surface area contributed by atoms with E-state index in [9.17, 15) is 9.59 Å². The molecule has 1 fully saturated rings. The fourth-order valence-corrected chi connectivity index (χ4v) is 1.70. The van der Waals surface area contributed by atoms with Gasteiger partial charge in [0.1, 0.15) is 0 Å². The first-order valence-corrected chi connectivity index (χ1v) is 6.49. The minimum Gasteiger partial charge on any atom is -0.366 e. The van der Waals surface area contributed by atoms with Crippen LogP contribution in [0.15, 0.2) is 24.3 Å². The molecule has 1 saturated carbocycles. The summed E-state index contributed by atoms with van der Waals surface area (Å²) in [4.78, 5) is 22.7. The SMILES string of the molecule is CC(NCc1ccc(C(N)=O)cc1)C(=O)NC1CC1. The average molecular weight is 261 g/mol. The number of amides is 2. The van der Waals surface area contributed by atoms with Crippen molar-refractivity contribution in [1.29, 1.82) is 0 Å². The lowest BCUT2D eigenvalue weighted by molar-refractivity contribution is -0.122. The highest BCUT2D eigenvalue weighted by Crippen LogP contribution is 2.18. The number of primary amides is 1. The molecular formula is C14H19N3O2. The predicted molar refractivity (Wildman–Crippen MR) is 72.4 cm³/mol. The Kier molecular flexibility index (Phi) is 4.16. The molecule has 102 valence electrons. The molecule has 1 atom stereocenters. The zero-order valence-electron chi connectivity index (χ0n) is 11.0. The molecule has 1 aliphatic rings. The van der Waals surface area contributed by atoms with E-state index in [0.717, 1.165) is 18.4 Å². The molecule has 2 rings (SSSR count). The number of nitrogens with two attached hydrogens (primary N) is 1. The summed E-state index contributed by atoms with van der Waals surface area (Å²) in [6, 6.07) is 7.20. The quantitative estimate of drug-likeness (QED) is 0.699. The normalized spacial score (nSPS) is 15.8. The monoisotopic (exact) mass is 261 g/mol. The maximum Gasteiger partial charge on any atom is 0.248 e. The predicted octanol–water partition coefficient (Wildman–Crippen LogP) is 0.542. The minimum atomic E-state index is -0.434. The highest BCUT2D eigenvalue weighted by atomic mass is 16.2. The maximum atomic E-state index is 11.7. The molecule has 1 aromatic carbocycles. The van der Waals surface area contributed by atoms with E-state index in [1.165, 1.54) is 0 Å². The molecule has 0 bridgehead atoms. The van der Waals surface area contributed by atoms with Crippen LogP contribution in [0.1, 0.15) is 35.7 Å². The molecule has 5 nitrogen and oxygen atoms in total. The Morgan fingerprint density at radius 3 is 2.47 bits per heavy atom. The Bertz CT molecular complexity index is 466. The van der Waals surface area contributed by atoms with Crippen molar-refractivity contribution in [3.8, 4) is 0 Å². The molecular weight excluding hydrogens is 242 g/mol. The Labute approximate surface area is 112 Å². The van der Waals surface area contributed by atoms with Gasteiger partial charge in [-0.2, -0.15) is 0 Å². The first-order chi connectivity index (χ1) is 9.06. The summed E-state index contributed by atoms with van der Waals surface area (Å²) >= 11 is 0. The number of carbonyl (C=O) groups is 2. The number of carbonyl (C=O) groups excluding carboxylic acids is 2. The molecule has 0 saturated heterocycles. The summed E-state index contributed by atoms with van der Waals surface area (Å²) in [6.45, 7) is 2.42. The van der Waals surface area contributed by atoms with E-state index in [0.29, 0.717) is 18.2 Å². The summed E-state index contributed by atoms with van der Waals surface area (Å²) in [5.74, 6) is -0.395. The van der Waals surface area contributed by atoms with Crippen LogP contribution < -0.4 is 16.4 Å². The van der Waals surface area contributed by atoms with Gasteiger partial charge in [0.25, 0.3) is 0 Å². The second-order valence-corrected chi connectivity index (χ2v) is 4.95. The van der Waals surface area contributed by atoms with Gasteiger partial charge in [-0.25, -0.2) is 0 Å². The number of benzene rings is 1. The Morgan fingerprint density at radius 2 is 1.95 bits per heavy atom. The van der Waals surface area contributed by atoms with E-state index in [-0.39, 0.29) is 11.9 Å². The molecule has 1 unspecified atom stereocenters. The van der Waals surface area contributed by atoms with Crippen molar-refractivity contribution in [2.24, 2.45) is 5.73 Å². The van der Waals surface area contributed by atoms with Crippen LogP contribution in [0.3, 0.4) is 0 Å². The van der Waals surface area contributed by atoms with E-state index >= 15 is 0 Å². The van der Waals surface area contributed by atoms with Crippen molar-refractivity contribution in [2.75, 3.05) is 0 Å². The molecule has 1 aliphatic carbocycles. The summed E-state index contributed by atoms with van der Waals surface area (Å²) < 4.78 is 0. The maximum absolute atomic E-state index is 11.7. The third-order valence-electron chi connectivity index (χ3n) is 3.17. The third-order valence-corrected chi connectivity index (χ3v) is 3.17. The van der Waals surface area contributed by atoms with Crippen LogP contribution in [0.2, 0.25) is 0 Å². The van der Waals surface area contributed by atoms with Gasteiger partial charge in [0, 0.05) is 18.2 Å². The summed E-state index contributed by atoms with van der Waals surface area (Å²) in [5.41, 5.74) is 6.67. The molecule has 0 aliphatic heterocycles. The van der Waals surface area contributed by atoms with Crippen LogP contribution in [0, 0.1) is 0 Å². The van der Waals surface area contributed by atoms with Crippen molar-refractivity contribution in [2.45, 2.75) is 38.4 Å². The van der Waals surface area contributed by atoms with Gasteiger partial charge < -0.3 is 16.4 Å². The van der Waals surface area contributed by atoms with Gasteiger partial charge in [0.2, 0.25) is 11.8 Å². The van der Waals surface area contributed by atoms with E-state index in [4.69, 9.17) is 5.73 Å². The zero-order chi connectivity index (χ0) is 13.8. The van der Waals surface area contributed by atoms with Crippen LogP contribution in [-0.2, 0) is 11.3 Å². The highest BCUT2D eigenvalue weighted by Gasteiger charge is 2.25. The van der Waals surface area contributed by atoms with Gasteiger partial charge in [-0.05, 0) is 37.5 Å². The van der Waals surface area contributed by atoms with Gasteiger partial charge in [-0.15, -0.1) is 0 Å². The lowest BCUT2D eigenvalue weighted by atomic mass is 10.1. The van der Waals surface area contributed by atoms with E-state index in [1.54, 1.807) is 12.1 Å². The molecule has 0 heterocycles. The molecule has 1 aromatic rings. The fourth-order valence-electron chi connectivity index (χ4n) is 1.70. The average Bonchev–Trinajstić information content (AvgIpc) is 3.20. The van der Waals surface area contributed by atoms with Gasteiger partial charge in [-0.3, -0.25) is 9.59 Å². The van der Waals surface area contributed by atoms with Crippen LogP contribution in [0.4, 0.5) is 0 Å². The largest absolute Gasteiger partial charge is 0.366 e. The molecule has 0 radical (unpaired) electrons. The lowest BCUT2D eigenvalue weighted by Crippen LogP contribution is -2.42. The Morgan fingerprint density at radius 1 is 1.32 bits per heavy atom. The second kappa shape index (κ2) is 5.84. The standard InChI is InChI=1S/C14H19N3O2/c1-9(14(19)17-12-6-7-12)16-8-10-2-4-11(5-3-10)13(15)18/h2-5,9,12,16H,6-8H2,1H3,(H2,15,18)(H,17,19). The fraction of sp³-hybridized carbons (Fsp3) is 0.429. The minimum absolute atomic E-state index is 0.0382. The Balaban J connectivity index is 1.80.